The summed E-state index contributed by atoms with van der Waals surface area (Å²) < 4.78 is 0.973. The van der Waals surface area contributed by atoms with E-state index < -0.39 is 11.9 Å². The first kappa shape index (κ1) is 12.7. The molecular weight excluding hydrogens is 276 g/mol. The molecule has 21 heavy (non-hydrogen) atoms. The van der Waals surface area contributed by atoms with E-state index >= 15 is 0 Å². The first-order valence-electron chi connectivity index (χ1n) is 5.85. The number of benzene rings is 1. The number of hydrogen-bond acceptors (Lipinski definition) is 5. The van der Waals surface area contributed by atoms with E-state index in [0.717, 1.165) is 16.1 Å². The Balaban J connectivity index is 2.32. The van der Waals surface area contributed by atoms with Gasteiger partial charge >= 0.3 is 11.9 Å². The number of aromatic nitrogens is 4. The highest BCUT2D eigenvalue weighted by Crippen LogP contribution is 2.20. The lowest BCUT2D eigenvalue weighted by Gasteiger charge is -2.05. The summed E-state index contributed by atoms with van der Waals surface area (Å²) in [6.07, 6.45) is 1.53. The maximum Gasteiger partial charge on any atom is 0.356 e. The van der Waals surface area contributed by atoms with Gasteiger partial charge in [-0.05, 0) is 0 Å². The van der Waals surface area contributed by atoms with Gasteiger partial charge in [-0.25, -0.2) is 14.3 Å². The zero-order chi connectivity index (χ0) is 15.0. The second kappa shape index (κ2) is 4.67. The van der Waals surface area contributed by atoms with E-state index in [-0.39, 0.29) is 17.2 Å². The first-order chi connectivity index (χ1) is 10.1. The van der Waals surface area contributed by atoms with Gasteiger partial charge in [0, 0.05) is 16.8 Å². The minimum Gasteiger partial charge on any atom is -0.477 e. The summed E-state index contributed by atoms with van der Waals surface area (Å²) in [5.41, 5.74) is -0.666. The van der Waals surface area contributed by atoms with Crippen LogP contribution in [0.4, 0.5) is 0 Å². The SMILES string of the molecule is O=C(O)c1cc(C(=O)O)n(-c2nncc3ccccc23)n1. The van der Waals surface area contributed by atoms with E-state index in [2.05, 4.69) is 15.3 Å². The molecule has 104 valence electrons. The zero-order valence-electron chi connectivity index (χ0n) is 10.5. The highest BCUT2D eigenvalue weighted by molar-refractivity contribution is 5.94. The van der Waals surface area contributed by atoms with Gasteiger partial charge in [-0.1, -0.05) is 24.3 Å². The summed E-state index contributed by atoms with van der Waals surface area (Å²) in [6.45, 7) is 0. The van der Waals surface area contributed by atoms with Gasteiger partial charge in [0.1, 0.15) is 0 Å². The van der Waals surface area contributed by atoms with Crippen LogP contribution in [-0.4, -0.2) is 42.1 Å². The molecule has 1 aromatic carbocycles. The number of rotatable bonds is 3. The number of nitrogens with zero attached hydrogens (tertiary/aromatic N) is 4. The molecule has 0 bridgehead atoms. The first-order valence-corrected chi connectivity index (χ1v) is 5.85. The number of hydrogen-bond donors (Lipinski definition) is 2. The standard InChI is InChI=1S/C13H8N4O4/c18-12(19)9-5-10(13(20)21)17(16-9)11-8-4-2-1-3-7(8)6-14-15-11/h1-6H,(H,18,19)(H,20,21). The molecule has 2 heterocycles. The summed E-state index contributed by atoms with van der Waals surface area (Å²) in [7, 11) is 0. The minimum atomic E-state index is -1.32. The van der Waals surface area contributed by atoms with Gasteiger partial charge in [-0.2, -0.15) is 10.2 Å². The van der Waals surface area contributed by atoms with Crippen LogP contribution in [0.25, 0.3) is 16.6 Å². The van der Waals surface area contributed by atoms with E-state index in [1.54, 1.807) is 24.3 Å². The molecular formula is C13H8N4O4. The lowest BCUT2D eigenvalue weighted by molar-refractivity contribution is 0.0679. The van der Waals surface area contributed by atoms with Gasteiger partial charge < -0.3 is 10.2 Å². The Labute approximate surface area is 117 Å². The lowest BCUT2D eigenvalue weighted by Crippen LogP contribution is -2.11. The molecule has 2 aromatic heterocycles. The van der Waals surface area contributed by atoms with Crippen molar-refractivity contribution in [1.82, 2.24) is 20.0 Å². The molecule has 3 aromatic rings. The highest BCUT2D eigenvalue weighted by atomic mass is 16.4. The van der Waals surface area contributed by atoms with Gasteiger partial charge in [0.2, 0.25) is 0 Å². The Morgan fingerprint density at radius 3 is 2.57 bits per heavy atom. The Morgan fingerprint density at radius 1 is 1.10 bits per heavy atom. The monoisotopic (exact) mass is 284 g/mol. The van der Waals surface area contributed by atoms with Crippen LogP contribution in [0.3, 0.4) is 0 Å². The van der Waals surface area contributed by atoms with Crippen molar-refractivity contribution in [3.8, 4) is 5.82 Å². The molecule has 0 atom stereocenters. The number of fused-ring (bicyclic) bond motifs is 1. The zero-order valence-corrected chi connectivity index (χ0v) is 10.5. The lowest BCUT2D eigenvalue weighted by atomic mass is 10.2. The van der Waals surface area contributed by atoms with E-state index in [4.69, 9.17) is 5.11 Å². The van der Waals surface area contributed by atoms with Crippen LogP contribution in [0.5, 0.6) is 0 Å². The fourth-order valence-corrected chi connectivity index (χ4v) is 1.97. The average molecular weight is 284 g/mol. The van der Waals surface area contributed by atoms with E-state index in [9.17, 15) is 14.7 Å². The van der Waals surface area contributed by atoms with Crippen LogP contribution < -0.4 is 0 Å². The van der Waals surface area contributed by atoms with Gasteiger partial charge in [-0.3, -0.25) is 0 Å². The summed E-state index contributed by atoms with van der Waals surface area (Å²) in [4.78, 5) is 22.2. The van der Waals surface area contributed by atoms with Crippen LogP contribution >= 0.6 is 0 Å². The number of carbonyl (C=O) groups is 2. The van der Waals surface area contributed by atoms with Gasteiger partial charge in [0.25, 0.3) is 0 Å². The molecule has 3 rings (SSSR count). The third-order valence-electron chi connectivity index (χ3n) is 2.90. The van der Waals surface area contributed by atoms with Crippen LogP contribution in [0.2, 0.25) is 0 Å². The molecule has 0 aliphatic carbocycles. The van der Waals surface area contributed by atoms with Crippen molar-refractivity contribution in [1.29, 1.82) is 0 Å². The molecule has 0 unspecified atom stereocenters. The number of carboxylic acids is 2. The quantitative estimate of drug-likeness (QED) is 0.742. The van der Waals surface area contributed by atoms with E-state index in [1.165, 1.54) is 6.20 Å². The normalized spacial score (nSPS) is 10.7. The Bertz CT molecular complexity index is 866. The third kappa shape index (κ3) is 2.08. The molecule has 0 saturated heterocycles. The molecule has 8 heteroatoms. The molecule has 0 aliphatic heterocycles. The van der Waals surface area contributed by atoms with Crippen LogP contribution in [0.15, 0.2) is 36.5 Å². The third-order valence-corrected chi connectivity index (χ3v) is 2.90. The van der Waals surface area contributed by atoms with E-state index in [0.29, 0.717) is 5.39 Å². The molecule has 0 saturated carbocycles. The van der Waals surface area contributed by atoms with Gasteiger partial charge in [0.15, 0.2) is 17.2 Å². The Morgan fingerprint density at radius 2 is 1.86 bits per heavy atom. The Kier molecular flexibility index (Phi) is 2.83. The Hall–Kier alpha value is -3.29. The molecule has 2 N–H and O–H groups in total. The van der Waals surface area contributed by atoms with Crippen molar-refractivity contribution in [2.45, 2.75) is 0 Å². The maximum absolute atomic E-state index is 11.3. The molecule has 0 amide bonds. The van der Waals surface area contributed by atoms with E-state index in [1.807, 2.05) is 0 Å². The number of carboxylic acid groups (broad SMARTS) is 2. The van der Waals surface area contributed by atoms with Crippen molar-refractivity contribution in [2.75, 3.05) is 0 Å². The predicted molar refractivity (Wildman–Crippen MR) is 70.6 cm³/mol. The summed E-state index contributed by atoms with van der Waals surface area (Å²) in [5, 5.41) is 31.0. The van der Waals surface area contributed by atoms with Crippen LogP contribution in [0.1, 0.15) is 21.0 Å². The maximum atomic E-state index is 11.3. The molecule has 0 aliphatic rings. The molecule has 0 fully saturated rings. The van der Waals surface area contributed by atoms with Crippen molar-refractivity contribution in [3.63, 3.8) is 0 Å². The predicted octanol–water partition coefficient (Wildman–Crippen LogP) is 1.21. The topological polar surface area (TPSA) is 118 Å². The molecule has 0 spiro atoms. The van der Waals surface area contributed by atoms with Crippen molar-refractivity contribution in [2.24, 2.45) is 0 Å². The second-order valence-corrected chi connectivity index (χ2v) is 4.19. The van der Waals surface area contributed by atoms with Crippen LogP contribution in [0, 0.1) is 0 Å². The fourth-order valence-electron chi connectivity index (χ4n) is 1.97. The van der Waals surface area contributed by atoms with Crippen molar-refractivity contribution in [3.05, 3.63) is 47.9 Å². The highest BCUT2D eigenvalue weighted by Gasteiger charge is 2.21. The smallest absolute Gasteiger partial charge is 0.356 e. The molecule has 8 nitrogen and oxygen atoms in total. The van der Waals surface area contributed by atoms with Gasteiger partial charge in [0.05, 0.1) is 6.20 Å². The van der Waals surface area contributed by atoms with Crippen LogP contribution in [-0.2, 0) is 0 Å². The average Bonchev–Trinajstić information content (AvgIpc) is 2.92. The number of aromatic carboxylic acids is 2. The minimum absolute atomic E-state index is 0.165. The largest absolute Gasteiger partial charge is 0.477 e. The second-order valence-electron chi connectivity index (χ2n) is 4.19. The molecule has 0 radical (unpaired) electrons. The summed E-state index contributed by atoms with van der Waals surface area (Å²) in [6, 6.07) is 8.06. The summed E-state index contributed by atoms with van der Waals surface area (Å²) in [5.74, 6) is -2.45. The fraction of sp³-hybridized carbons (Fsp3) is 0. The van der Waals surface area contributed by atoms with Crippen molar-refractivity contribution < 1.29 is 19.8 Å². The van der Waals surface area contributed by atoms with Crippen molar-refractivity contribution >= 4 is 22.7 Å². The summed E-state index contributed by atoms with van der Waals surface area (Å²) >= 11 is 0. The van der Waals surface area contributed by atoms with Gasteiger partial charge in [-0.15, -0.1) is 5.10 Å².